The van der Waals surface area contributed by atoms with Crippen LogP contribution in [0.1, 0.15) is 11.3 Å². The van der Waals surface area contributed by atoms with Gasteiger partial charge in [-0.1, -0.05) is 29.8 Å². The van der Waals surface area contributed by atoms with Gasteiger partial charge in [0.25, 0.3) is 0 Å². The second-order valence-electron chi connectivity index (χ2n) is 6.18. The molecule has 0 saturated heterocycles. The second-order valence-corrected chi connectivity index (χ2v) is 6.57. The zero-order chi connectivity index (χ0) is 19.1. The number of fused-ring (bicyclic) bond motifs is 1. The van der Waals surface area contributed by atoms with Crippen LogP contribution in [0.25, 0.3) is 38.3 Å². The number of nitrogens with one attached hydrogen (secondary N) is 1. The van der Waals surface area contributed by atoms with Crippen molar-refractivity contribution in [3.63, 3.8) is 0 Å². The average Bonchev–Trinajstić information content (AvgIpc) is 3.02. The Balaban J connectivity index is 2.13. The molecule has 0 aliphatic heterocycles. The fourth-order valence-electron chi connectivity index (χ4n) is 3.12. The molecule has 7 heteroatoms. The summed E-state index contributed by atoms with van der Waals surface area (Å²) in [6, 6.07) is 8.29. The van der Waals surface area contributed by atoms with Crippen LogP contribution in [0.15, 0.2) is 36.5 Å². The smallest absolute Gasteiger partial charge is 0.221 e. The molecule has 1 aromatic carbocycles. The van der Waals surface area contributed by atoms with Crippen molar-refractivity contribution in [2.45, 2.75) is 13.8 Å². The van der Waals surface area contributed by atoms with E-state index in [9.17, 15) is 4.39 Å². The molecule has 27 heavy (non-hydrogen) atoms. The van der Waals surface area contributed by atoms with Gasteiger partial charge in [0.05, 0.1) is 18.0 Å². The molecule has 0 spiro atoms. The van der Waals surface area contributed by atoms with E-state index in [1.807, 2.05) is 13.8 Å². The Morgan fingerprint density at radius 1 is 1.19 bits per heavy atom. The Labute approximate surface area is 159 Å². The van der Waals surface area contributed by atoms with Crippen molar-refractivity contribution in [1.82, 2.24) is 20.2 Å². The number of benzene rings is 1. The quantitative estimate of drug-likeness (QED) is 0.363. The number of pyridine rings is 2. The highest BCUT2D eigenvalue weighted by Crippen LogP contribution is 2.43. The van der Waals surface area contributed by atoms with Gasteiger partial charge in [-0.15, -0.1) is 0 Å². The lowest BCUT2D eigenvalue weighted by atomic mass is 9.97. The summed E-state index contributed by atoms with van der Waals surface area (Å²) in [5.74, 6) is -0.428. The zero-order valence-corrected chi connectivity index (χ0v) is 15.3. The molecule has 0 radical (unpaired) electrons. The van der Waals surface area contributed by atoms with E-state index in [0.29, 0.717) is 33.0 Å². The Hall–Kier alpha value is -3.30. The number of nitrogens with zero attached hydrogens (tertiary/aromatic N) is 4. The molecule has 4 aromatic rings. The number of halogens is 2. The summed E-state index contributed by atoms with van der Waals surface area (Å²) in [7, 11) is 0. The Bertz CT molecular complexity index is 1220. The zero-order valence-electron chi connectivity index (χ0n) is 14.5. The predicted molar refractivity (Wildman–Crippen MR) is 103 cm³/mol. The van der Waals surface area contributed by atoms with Crippen LogP contribution in [0, 0.1) is 26.2 Å². The van der Waals surface area contributed by atoms with Crippen LogP contribution in [-0.4, -0.2) is 20.2 Å². The average molecular weight is 378 g/mol. The topological polar surface area (TPSA) is 58.8 Å². The normalized spacial score (nSPS) is 10.9. The van der Waals surface area contributed by atoms with Gasteiger partial charge in [-0.05, 0) is 37.1 Å². The highest BCUT2D eigenvalue weighted by Gasteiger charge is 2.22. The van der Waals surface area contributed by atoms with Crippen LogP contribution >= 0.6 is 11.6 Å². The molecule has 3 aromatic heterocycles. The number of H-pyrrole nitrogens is 1. The van der Waals surface area contributed by atoms with Gasteiger partial charge in [0, 0.05) is 22.7 Å². The van der Waals surface area contributed by atoms with Crippen molar-refractivity contribution >= 4 is 28.3 Å². The van der Waals surface area contributed by atoms with E-state index in [-0.39, 0.29) is 16.9 Å². The van der Waals surface area contributed by atoms with E-state index in [0.717, 1.165) is 5.56 Å². The van der Waals surface area contributed by atoms with Gasteiger partial charge in [0.1, 0.15) is 11.0 Å². The molecular formula is C20H13ClFN5. The maximum Gasteiger partial charge on any atom is 0.221 e. The molecule has 0 bridgehead atoms. The first-order chi connectivity index (χ1) is 13.0. The molecule has 0 atom stereocenters. The standard InChI is InChI=1S/C20H13ClFN5/c1-10-4-6-13(14(22)8-10)18-19(23-3)17(12-5-7-15(21)24-9-12)16-11(2)26-27-20(16)25-18/h4-9H,1-2H3,(H,25,26,27). The summed E-state index contributed by atoms with van der Waals surface area (Å²) < 4.78 is 14.6. The van der Waals surface area contributed by atoms with Crippen LogP contribution < -0.4 is 0 Å². The highest BCUT2D eigenvalue weighted by atomic mass is 35.5. The molecule has 132 valence electrons. The molecule has 5 nitrogen and oxygen atoms in total. The number of hydrogen-bond donors (Lipinski definition) is 1. The first kappa shape index (κ1) is 17.1. The molecule has 0 fully saturated rings. The Morgan fingerprint density at radius 2 is 2.00 bits per heavy atom. The van der Waals surface area contributed by atoms with Crippen molar-refractivity contribution < 1.29 is 4.39 Å². The van der Waals surface area contributed by atoms with Gasteiger partial charge in [-0.3, -0.25) is 5.10 Å². The van der Waals surface area contributed by atoms with E-state index < -0.39 is 5.82 Å². The van der Waals surface area contributed by atoms with Gasteiger partial charge in [0.2, 0.25) is 5.69 Å². The number of aryl methyl sites for hydroxylation is 2. The second kappa shape index (κ2) is 6.45. The van der Waals surface area contributed by atoms with Crippen LogP contribution in [-0.2, 0) is 0 Å². The van der Waals surface area contributed by atoms with Gasteiger partial charge < -0.3 is 0 Å². The van der Waals surface area contributed by atoms with Gasteiger partial charge in [0.15, 0.2) is 5.65 Å². The summed E-state index contributed by atoms with van der Waals surface area (Å²) in [4.78, 5) is 12.3. The minimum Gasteiger partial charge on any atom is -0.261 e. The molecular weight excluding hydrogens is 365 g/mol. The summed E-state index contributed by atoms with van der Waals surface area (Å²) in [5.41, 5.74) is 4.06. The third kappa shape index (κ3) is 2.82. The third-order valence-electron chi connectivity index (χ3n) is 4.37. The maximum absolute atomic E-state index is 14.6. The maximum atomic E-state index is 14.6. The molecule has 0 unspecified atom stereocenters. The van der Waals surface area contributed by atoms with Crippen molar-refractivity contribution in [3.05, 3.63) is 70.2 Å². The van der Waals surface area contributed by atoms with E-state index in [4.69, 9.17) is 18.2 Å². The molecule has 4 rings (SSSR count). The molecule has 0 saturated carbocycles. The fourth-order valence-corrected chi connectivity index (χ4v) is 3.23. The number of rotatable bonds is 2. The van der Waals surface area contributed by atoms with E-state index in [1.165, 1.54) is 6.07 Å². The number of aromatic amines is 1. The molecule has 1 N–H and O–H groups in total. The molecule has 0 aliphatic carbocycles. The monoisotopic (exact) mass is 377 g/mol. The molecule has 3 heterocycles. The van der Waals surface area contributed by atoms with Crippen molar-refractivity contribution in [3.8, 4) is 22.4 Å². The van der Waals surface area contributed by atoms with Crippen molar-refractivity contribution in [2.24, 2.45) is 0 Å². The fraction of sp³-hybridized carbons (Fsp3) is 0.100. The lowest BCUT2D eigenvalue weighted by Gasteiger charge is -2.12. The van der Waals surface area contributed by atoms with Crippen molar-refractivity contribution in [2.75, 3.05) is 0 Å². The molecule has 0 amide bonds. The Morgan fingerprint density at radius 3 is 2.67 bits per heavy atom. The minimum absolute atomic E-state index is 0.249. The Kier molecular flexibility index (Phi) is 4.09. The van der Waals surface area contributed by atoms with Gasteiger partial charge >= 0.3 is 0 Å². The van der Waals surface area contributed by atoms with Crippen LogP contribution in [0.3, 0.4) is 0 Å². The summed E-state index contributed by atoms with van der Waals surface area (Å²) in [5, 5.41) is 8.14. The van der Waals surface area contributed by atoms with Crippen molar-refractivity contribution in [1.29, 1.82) is 0 Å². The number of aromatic nitrogens is 4. The van der Waals surface area contributed by atoms with Gasteiger partial charge in [-0.25, -0.2) is 19.2 Å². The van der Waals surface area contributed by atoms with E-state index in [1.54, 1.807) is 30.5 Å². The van der Waals surface area contributed by atoms with E-state index >= 15 is 0 Å². The first-order valence-corrected chi connectivity index (χ1v) is 8.52. The van der Waals surface area contributed by atoms with Gasteiger partial charge in [-0.2, -0.15) is 5.10 Å². The third-order valence-corrected chi connectivity index (χ3v) is 4.59. The lowest BCUT2D eigenvalue weighted by Crippen LogP contribution is -1.94. The molecule has 0 aliphatic rings. The van der Waals surface area contributed by atoms with Crippen LogP contribution in [0.2, 0.25) is 5.15 Å². The van der Waals surface area contributed by atoms with Crippen LogP contribution in [0.5, 0.6) is 0 Å². The first-order valence-electron chi connectivity index (χ1n) is 8.14. The number of hydrogen-bond acceptors (Lipinski definition) is 3. The summed E-state index contributed by atoms with van der Waals surface area (Å²) in [6.07, 6.45) is 1.59. The largest absolute Gasteiger partial charge is 0.261 e. The summed E-state index contributed by atoms with van der Waals surface area (Å²) >= 11 is 5.91. The SMILES string of the molecule is [C-]#[N+]c1c(-c2ccc(C)cc2F)nc2[nH]nc(C)c2c1-c1ccc(Cl)nc1. The predicted octanol–water partition coefficient (Wildman–Crippen LogP) is 5.65. The van der Waals surface area contributed by atoms with Crippen LogP contribution in [0.4, 0.5) is 10.1 Å². The minimum atomic E-state index is -0.428. The summed E-state index contributed by atoms with van der Waals surface area (Å²) in [6.45, 7) is 11.4. The van der Waals surface area contributed by atoms with E-state index in [2.05, 4.69) is 25.0 Å². The highest BCUT2D eigenvalue weighted by molar-refractivity contribution is 6.29. The lowest BCUT2D eigenvalue weighted by molar-refractivity contribution is 0.629.